The molecule has 9 heteroatoms. The Labute approximate surface area is 228 Å². The van der Waals surface area contributed by atoms with E-state index >= 15 is 0 Å². The van der Waals surface area contributed by atoms with Crippen LogP contribution in [0.5, 0.6) is 0 Å². The van der Waals surface area contributed by atoms with Gasteiger partial charge in [0.25, 0.3) is 11.8 Å². The van der Waals surface area contributed by atoms with Crippen molar-refractivity contribution in [1.82, 2.24) is 15.1 Å². The quantitative estimate of drug-likeness (QED) is 0.189. The summed E-state index contributed by atoms with van der Waals surface area (Å²) < 4.78 is 1.77. The van der Waals surface area contributed by atoms with Gasteiger partial charge in [-0.05, 0) is 61.6 Å². The van der Waals surface area contributed by atoms with Gasteiger partial charge in [0, 0.05) is 28.1 Å². The molecule has 3 aromatic carbocycles. The van der Waals surface area contributed by atoms with Gasteiger partial charge < -0.3 is 0 Å². The summed E-state index contributed by atoms with van der Waals surface area (Å²) >= 11 is 12.9. The number of nitrogens with one attached hydrogen (secondary N) is 1. The lowest BCUT2D eigenvalue weighted by Crippen LogP contribution is -2.54. The summed E-state index contributed by atoms with van der Waals surface area (Å²) in [6.07, 6.45) is 1.61. The first-order chi connectivity index (χ1) is 17.8. The van der Waals surface area contributed by atoms with E-state index in [9.17, 15) is 9.59 Å². The molecule has 0 radical (unpaired) electrons. The smallest absolute Gasteiger partial charge is 0.270 e. The fourth-order valence-corrected chi connectivity index (χ4v) is 5.27. The molecule has 0 unspecified atom stereocenters. The van der Waals surface area contributed by atoms with Gasteiger partial charge in [-0.25, -0.2) is 0 Å². The number of anilines is 1. The molecule has 0 atom stereocenters. The third-order valence-corrected chi connectivity index (χ3v) is 7.51. The predicted molar refractivity (Wildman–Crippen MR) is 152 cm³/mol. The third-order valence-electron chi connectivity index (χ3n) is 5.79. The SMILES string of the molecule is Cc1ccc(Sc2c(/C=C3\C(=O)NC(=S)N(c4ccc(Cl)cc4)C3=O)c(-c3ccccc3)nn2C)cc1. The highest BCUT2D eigenvalue weighted by atomic mass is 35.5. The fourth-order valence-electron chi connectivity index (χ4n) is 3.93. The number of carbonyl (C=O) groups excluding carboxylic acids is 2. The molecule has 184 valence electrons. The molecule has 4 aromatic rings. The first-order valence-corrected chi connectivity index (χ1v) is 13.0. The first-order valence-electron chi connectivity index (χ1n) is 11.4. The van der Waals surface area contributed by atoms with E-state index in [1.54, 1.807) is 35.0 Å². The van der Waals surface area contributed by atoms with Crippen LogP contribution in [-0.4, -0.2) is 26.7 Å². The van der Waals surface area contributed by atoms with Crippen molar-refractivity contribution in [3.05, 3.63) is 101 Å². The molecular formula is C28H21ClN4O2S2. The summed E-state index contributed by atoms with van der Waals surface area (Å²) in [7, 11) is 1.85. The molecule has 5 rings (SSSR count). The van der Waals surface area contributed by atoms with Crippen LogP contribution in [0.1, 0.15) is 11.1 Å². The van der Waals surface area contributed by atoms with Crippen molar-refractivity contribution in [2.75, 3.05) is 4.90 Å². The maximum Gasteiger partial charge on any atom is 0.270 e. The molecule has 0 spiro atoms. The Hall–Kier alpha value is -3.72. The van der Waals surface area contributed by atoms with E-state index in [2.05, 4.69) is 5.32 Å². The summed E-state index contributed by atoms with van der Waals surface area (Å²) in [5.74, 6) is -1.08. The van der Waals surface area contributed by atoms with E-state index in [4.69, 9.17) is 28.9 Å². The molecule has 1 N–H and O–H groups in total. The number of rotatable bonds is 5. The van der Waals surface area contributed by atoms with Crippen LogP contribution in [-0.2, 0) is 16.6 Å². The van der Waals surface area contributed by atoms with E-state index < -0.39 is 11.8 Å². The number of hydrogen-bond acceptors (Lipinski definition) is 5. The Morgan fingerprint density at radius 2 is 1.65 bits per heavy atom. The van der Waals surface area contributed by atoms with Crippen molar-refractivity contribution in [2.45, 2.75) is 16.8 Å². The average molecular weight is 545 g/mol. The predicted octanol–water partition coefficient (Wildman–Crippen LogP) is 6.03. The van der Waals surface area contributed by atoms with Gasteiger partial charge in [-0.15, -0.1) is 0 Å². The molecule has 37 heavy (non-hydrogen) atoms. The topological polar surface area (TPSA) is 67.2 Å². The second kappa shape index (κ2) is 10.3. The molecular weight excluding hydrogens is 524 g/mol. The molecule has 2 amide bonds. The average Bonchev–Trinajstić information content (AvgIpc) is 3.19. The minimum Gasteiger partial charge on any atom is -0.298 e. The molecule has 1 aliphatic heterocycles. The molecule has 1 fully saturated rings. The van der Waals surface area contributed by atoms with Crippen molar-refractivity contribution in [1.29, 1.82) is 0 Å². The Morgan fingerprint density at radius 1 is 0.973 bits per heavy atom. The van der Waals surface area contributed by atoms with Gasteiger partial charge in [0.1, 0.15) is 16.3 Å². The van der Waals surface area contributed by atoms with Crippen molar-refractivity contribution in [3.8, 4) is 11.3 Å². The summed E-state index contributed by atoms with van der Waals surface area (Å²) in [4.78, 5) is 29.0. The van der Waals surface area contributed by atoms with E-state index in [0.717, 1.165) is 21.0 Å². The Morgan fingerprint density at radius 3 is 2.32 bits per heavy atom. The normalized spacial score (nSPS) is 14.8. The van der Waals surface area contributed by atoms with Gasteiger partial charge >= 0.3 is 0 Å². The number of aryl methyl sites for hydroxylation is 2. The monoisotopic (exact) mass is 544 g/mol. The number of nitrogens with zero attached hydrogens (tertiary/aromatic N) is 3. The largest absolute Gasteiger partial charge is 0.298 e. The second-order valence-corrected chi connectivity index (χ2v) is 10.3. The zero-order chi connectivity index (χ0) is 26.1. The lowest BCUT2D eigenvalue weighted by Gasteiger charge is -2.29. The van der Waals surface area contributed by atoms with Crippen LogP contribution in [0.2, 0.25) is 5.02 Å². The fraction of sp³-hybridized carbons (Fsp3) is 0.0714. The van der Waals surface area contributed by atoms with Crippen LogP contribution < -0.4 is 10.2 Å². The van der Waals surface area contributed by atoms with Gasteiger partial charge in [-0.1, -0.05) is 71.4 Å². The Balaban J connectivity index is 1.64. The van der Waals surface area contributed by atoms with Crippen molar-refractivity contribution in [3.63, 3.8) is 0 Å². The van der Waals surface area contributed by atoms with Crippen LogP contribution in [0.25, 0.3) is 17.3 Å². The highest BCUT2D eigenvalue weighted by Crippen LogP contribution is 2.37. The summed E-state index contributed by atoms with van der Waals surface area (Å²) in [5.41, 5.74) is 3.83. The van der Waals surface area contributed by atoms with Crippen LogP contribution >= 0.6 is 35.6 Å². The number of aromatic nitrogens is 2. The summed E-state index contributed by atoms with van der Waals surface area (Å²) in [5, 5.41) is 8.75. The highest BCUT2D eigenvalue weighted by Gasteiger charge is 2.35. The molecule has 1 aliphatic rings. The maximum absolute atomic E-state index is 13.6. The van der Waals surface area contributed by atoms with Crippen molar-refractivity contribution in [2.24, 2.45) is 7.05 Å². The molecule has 1 aromatic heterocycles. The molecule has 2 heterocycles. The highest BCUT2D eigenvalue weighted by molar-refractivity contribution is 7.99. The zero-order valence-corrected chi connectivity index (χ0v) is 22.3. The number of hydrogen-bond donors (Lipinski definition) is 1. The van der Waals surface area contributed by atoms with Gasteiger partial charge in [0.15, 0.2) is 5.11 Å². The Bertz CT molecular complexity index is 1550. The van der Waals surface area contributed by atoms with Gasteiger partial charge in [0.05, 0.1) is 5.69 Å². The second-order valence-electron chi connectivity index (χ2n) is 8.41. The van der Waals surface area contributed by atoms with Crippen LogP contribution in [0.15, 0.2) is 94.4 Å². The lowest BCUT2D eigenvalue weighted by atomic mass is 10.0. The van der Waals surface area contributed by atoms with Gasteiger partial charge in [-0.3, -0.25) is 24.5 Å². The number of carbonyl (C=O) groups is 2. The minimum absolute atomic E-state index is 0.0122. The number of halogens is 1. The van der Waals surface area contributed by atoms with E-state index in [-0.39, 0.29) is 10.7 Å². The molecule has 1 saturated heterocycles. The zero-order valence-electron chi connectivity index (χ0n) is 19.9. The summed E-state index contributed by atoms with van der Waals surface area (Å²) in [6.45, 7) is 2.03. The molecule has 6 nitrogen and oxygen atoms in total. The summed E-state index contributed by atoms with van der Waals surface area (Å²) in [6, 6.07) is 24.5. The van der Waals surface area contributed by atoms with Crippen LogP contribution in [0.4, 0.5) is 5.69 Å². The van der Waals surface area contributed by atoms with Gasteiger partial charge in [-0.2, -0.15) is 5.10 Å². The molecule has 0 aliphatic carbocycles. The van der Waals surface area contributed by atoms with Crippen LogP contribution in [0, 0.1) is 6.92 Å². The van der Waals surface area contributed by atoms with E-state index in [1.165, 1.54) is 16.7 Å². The number of amides is 2. The lowest BCUT2D eigenvalue weighted by molar-refractivity contribution is -0.122. The van der Waals surface area contributed by atoms with E-state index in [1.807, 2.05) is 68.6 Å². The number of thiocarbonyl (C=S) groups is 1. The standard InChI is InChI=1S/C28H21ClN4O2S2/c1-17-8-14-21(15-9-17)37-27-22(24(31-32(27)2)18-6-4-3-5-7-18)16-23-25(34)30-28(36)33(26(23)35)20-12-10-19(29)11-13-20/h3-16H,1-2H3,(H,30,34,36)/b23-16+. The van der Waals surface area contributed by atoms with Crippen molar-refractivity contribution >= 4 is 64.3 Å². The minimum atomic E-state index is -0.561. The van der Waals surface area contributed by atoms with Crippen molar-refractivity contribution < 1.29 is 9.59 Å². The third kappa shape index (κ3) is 5.09. The molecule has 0 saturated carbocycles. The van der Waals surface area contributed by atoms with E-state index in [0.29, 0.717) is 22.0 Å². The molecule has 0 bridgehead atoms. The van der Waals surface area contributed by atoms with Crippen LogP contribution in [0.3, 0.4) is 0 Å². The van der Waals surface area contributed by atoms with Gasteiger partial charge in [0.2, 0.25) is 0 Å². The maximum atomic E-state index is 13.6. The Kier molecular flexibility index (Phi) is 6.97. The number of benzene rings is 3. The first kappa shape index (κ1) is 25.0.